The number of hydrazine groups is 1. The highest BCUT2D eigenvalue weighted by atomic mass is 16.6. The van der Waals surface area contributed by atoms with E-state index in [4.69, 9.17) is 9.84 Å². The molecular weight excluding hydrogens is 282 g/mol. The minimum absolute atomic E-state index is 0.287. The molecule has 9 nitrogen and oxygen atoms in total. The van der Waals surface area contributed by atoms with E-state index < -0.39 is 43.2 Å². The summed E-state index contributed by atoms with van der Waals surface area (Å²) in [6, 6.07) is 3.13. The Hall–Kier alpha value is -1.62. The van der Waals surface area contributed by atoms with Crippen LogP contribution in [0.5, 0.6) is 0 Å². The summed E-state index contributed by atoms with van der Waals surface area (Å²) in [6.45, 7) is -0.542. The molecule has 1 saturated heterocycles. The van der Waals surface area contributed by atoms with E-state index in [1.807, 2.05) is 0 Å². The van der Waals surface area contributed by atoms with Crippen LogP contribution >= 0.6 is 0 Å². The molecule has 0 aliphatic carbocycles. The van der Waals surface area contributed by atoms with Crippen molar-refractivity contribution in [1.82, 2.24) is 15.8 Å². The number of carbonyl (C=O) groups excluding carboxylic acids is 1. The number of rotatable bonds is 4. The SMILES string of the molecule is O=C(NN[C@@H]1O[C@H](CO)[C@H](O)[C@@H](O)[C@H]1O)c1cccnc1. The highest BCUT2D eigenvalue weighted by Gasteiger charge is 2.43. The number of aliphatic hydroxyl groups is 4. The van der Waals surface area contributed by atoms with Gasteiger partial charge in [-0.1, -0.05) is 0 Å². The van der Waals surface area contributed by atoms with Gasteiger partial charge in [-0.25, -0.2) is 5.43 Å². The fraction of sp³-hybridized carbons (Fsp3) is 0.500. The zero-order chi connectivity index (χ0) is 15.4. The number of nitrogens with one attached hydrogen (secondary N) is 2. The minimum Gasteiger partial charge on any atom is -0.394 e. The number of ether oxygens (including phenoxy) is 1. The van der Waals surface area contributed by atoms with Crippen LogP contribution in [0.1, 0.15) is 10.4 Å². The summed E-state index contributed by atoms with van der Waals surface area (Å²) in [5, 5.41) is 38.0. The molecule has 1 aromatic rings. The van der Waals surface area contributed by atoms with Gasteiger partial charge in [-0.2, -0.15) is 0 Å². The van der Waals surface area contributed by atoms with E-state index in [0.717, 1.165) is 0 Å². The summed E-state index contributed by atoms with van der Waals surface area (Å²) in [5.41, 5.74) is 4.98. The monoisotopic (exact) mass is 299 g/mol. The van der Waals surface area contributed by atoms with E-state index >= 15 is 0 Å². The quantitative estimate of drug-likeness (QED) is 0.325. The number of pyridine rings is 1. The average Bonchev–Trinajstić information content (AvgIpc) is 2.52. The second-order valence-corrected chi connectivity index (χ2v) is 4.59. The van der Waals surface area contributed by atoms with Gasteiger partial charge in [-0.05, 0) is 12.1 Å². The molecule has 0 aromatic carbocycles. The summed E-state index contributed by atoms with van der Waals surface area (Å²) in [6.07, 6.45) is -3.79. The minimum atomic E-state index is -1.51. The van der Waals surface area contributed by atoms with Crippen LogP contribution in [0.15, 0.2) is 24.5 Å². The first-order chi connectivity index (χ1) is 10.0. The Morgan fingerprint density at radius 3 is 2.67 bits per heavy atom. The number of aromatic nitrogens is 1. The Morgan fingerprint density at radius 2 is 2.05 bits per heavy atom. The number of aliphatic hydroxyl groups excluding tert-OH is 4. The number of amides is 1. The molecule has 0 radical (unpaired) electrons. The van der Waals surface area contributed by atoms with Crippen molar-refractivity contribution in [3.8, 4) is 0 Å². The van der Waals surface area contributed by atoms with Crippen LogP contribution in [-0.2, 0) is 4.74 Å². The molecule has 2 heterocycles. The fourth-order valence-electron chi connectivity index (χ4n) is 1.93. The van der Waals surface area contributed by atoms with E-state index in [1.165, 1.54) is 18.5 Å². The molecule has 9 heteroatoms. The lowest BCUT2D eigenvalue weighted by molar-refractivity contribution is -0.238. The third kappa shape index (κ3) is 3.53. The van der Waals surface area contributed by atoms with Gasteiger partial charge in [0.05, 0.1) is 12.2 Å². The predicted molar refractivity (Wildman–Crippen MR) is 68.6 cm³/mol. The Labute approximate surface area is 120 Å². The summed E-state index contributed by atoms with van der Waals surface area (Å²) in [7, 11) is 0. The molecule has 6 N–H and O–H groups in total. The predicted octanol–water partition coefficient (Wildman–Crippen LogP) is -2.88. The van der Waals surface area contributed by atoms with E-state index in [-0.39, 0.29) is 5.56 Å². The van der Waals surface area contributed by atoms with Gasteiger partial charge >= 0.3 is 0 Å². The van der Waals surface area contributed by atoms with Crippen LogP contribution < -0.4 is 10.9 Å². The number of nitrogens with zero attached hydrogens (tertiary/aromatic N) is 1. The molecule has 21 heavy (non-hydrogen) atoms. The summed E-state index contributed by atoms with van der Waals surface area (Å²) in [4.78, 5) is 15.6. The van der Waals surface area contributed by atoms with Crippen molar-refractivity contribution < 1.29 is 30.0 Å². The van der Waals surface area contributed by atoms with Crippen LogP contribution in [0.4, 0.5) is 0 Å². The van der Waals surface area contributed by atoms with Gasteiger partial charge in [-0.15, -0.1) is 0 Å². The van der Waals surface area contributed by atoms with E-state index in [2.05, 4.69) is 15.8 Å². The van der Waals surface area contributed by atoms with Crippen molar-refractivity contribution in [3.05, 3.63) is 30.1 Å². The van der Waals surface area contributed by atoms with E-state index in [1.54, 1.807) is 6.07 Å². The molecule has 1 amide bonds. The molecule has 1 aliphatic rings. The molecule has 0 unspecified atom stereocenters. The fourth-order valence-corrected chi connectivity index (χ4v) is 1.93. The Bertz CT molecular complexity index is 471. The maximum Gasteiger partial charge on any atom is 0.267 e. The van der Waals surface area contributed by atoms with Gasteiger partial charge in [0.25, 0.3) is 5.91 Å². The summed E-state index contributed by atoms with van der Waals surface area (Å²) >= 11 is 0. The third-order valence-electron chi connectivity index (χ3n) is 3.14. The van der Waals surface area contributed by atoms with Crippen molar-refractivity contribution in [2.24, 2.45) is 0 Å². The lowest BCUT2D eigenvalue weighted by Crippen LogP contribution is -2.64. The van der Waals surface area contributed by atoms with Gasteiger partial charge in [0.15, 0.2) is 6.23 Å². The molecule has 116 valence electrons. The van der Waals surface area contributed by atoms with Crippen LogP contribution in [0.3, 0.4) is 0 Å². The molecule has 0 bridgehead atoms. The second-order valence-electron chi connectivity index (χ2n) is 4.59. The van der Waals surface area contributed by atoms with E-state index in [0.29, 0.717) is 0 Å². The van der Waals surface area contributed by atoms with Crippen molar-refractivity contribution in [3.63, 3.8) is 0 Å². The van der Waals surface area contributed by atoms with Crippen LogP contribution in [0, 0.1) is 0 Å². The van der Waals surface area contributed by atoms with Crippen molar-refractivity contribution in [1.29, 1.82) is 0 Å². The van der Waals surface area contributed by atoms with Gasteiger partial charge in [-0.3, -0.25) is 15.2 Å². The lowest BCUT2D eigenvalue weighted by atomic mass is 9.99. The molecule has 1 fully saturated rings. The Balaban J connectivity index is 1.94. The largest absolute Gasteiger partial charge is 0.394 e. The highest BCUT2D eigenvalue weighted by Crippen LogP contribution is 2.19. The maximum absolute atomic E-state index is 11.8. The zero-order valence-electron chi connectivity index (χ0n) is 11.0. The van der Waals surface area contributed by atoms with Crippen molar-refractivity contribution in [2.45, 2.75) is 30.6 Å². The standard InChI is InChI=1S/C12H17N3O6/c16-5-7-8(17)9(18)10(19)12(21-7)15-14-11(20)6-2-1-3-13-4-6/h1-4,7-10,12,15-19H,5H2,(H,14,20)/t7-,8+,9-,10-,12-/m1/s1. The molecule has 0 spiro atoms. The second kappa shape index (κ2) is 6.89. The summed E-state index contributed by atoms with van der Waals surface area (Å²) in [5.74, 6) is -0.514. The lowest BCUT2D eigenvalue weighted by Gasteiger charge is -2.40. The average molecular weight is 299 g/mol. The smallest absolute Gasteiger partial charge is 0.267 e. The normalized spacial score (nSPS) is 32.7. The first kappa shape index (κ1) is 15.8. The van der Waals surface area contributed by atoms with Gasteiger partial charge in [0.2, 0.25) is 0 Å². The summed E-state index contributed by atoms with van der Waals surface area (Å²) < 4.78 is 5.17. The highest BCUT2D eigenvalue weighted by molar-refractivity contribution is 5.93. The van der Waals surface area contributed by atoms with Crippen LogP contribution in [-0.4, -0.2) is 68.6 Å². The molecular formula is C12H17N3O6. The molecule has 0 saturated carbocycles. The first-order valence-corrected chi connectivity index (χ1v) is 6.31. The van der Waals surface area contributed by atoms with Gasteiger partial charge < -0.3 is 25.2 Å². The molecule has 1 aromatic heterocycles. The number of carbonyl (C=O) groups is 1. The number of hydrogen-bond donors (Lipinski definition) is 6. The maximum atomic E-state index is 11.8. The molecule has 2 rings (SSSR count). The van der Waals surface area contributed by atoms with E-state index in [9.17, 15) is 20.1 Å². The Kier molecular flexibility index (Phi) is 5.17. The van der Waals surface area contributed by atoms with Gasteiger partial charge in [0, 0.05) is 12.4 Å². The van der Waals surface area contributed by atoms with Crippen molar-refractivity contribution in [2.75, 3.05) is 6.61 Å². The zero-order valence-corrected chi connectivity index (χ0v) is 11.0. The van der Waals surface area contributed by atoms with Crippen molar-refractivity contribution >= 4 is 5.91 Å². The Morgan fingerprint density at radius 1 is 1.29 bits per heavy atom. The van der Waals surface area contributed by atoms with Gasteiger partial charge in [0.1, 0.15) is 24.4 Å². The molecule has 5 atom stereocenters. The van der Waals surface area contributed by atoms with Crippen LogP contribution in [0.25, 0.3) is 0 Å². The van der Waals surface area contributed by atoms with Crippen LogP contribution in [0.2, 0.25) is 0 Å². The first-order valence-electron chi connectivity index (χ1n) is 6.31. The molecule has 1 aliphatic heterocycles. The number of hydrogen-bond acceptors (Lipinski definition) is 8. The third-order valence-corrected chi connectivity index (χ3v) is 3.14. The topological polar surface area (TPSA) is 144 Å².